The minimum atomic E-state index is -0.387. The molecule has 1 aromatic heterocycles. The van der Waals surface area contributed by atoms with Gasteiger partial charge in [-0.2, -0.15) is 0 Å². The SMILES string of the molecule is CC(C)NCc1ccc(COc2ccc(F)cc2Cl)o1. The summed E-state index contributed by atoms with van der Waals surface area (Å²) in [7, 11) is 0. The fourth-order valence-electron chi connectivity index (χ4n) is 1.64. The lowest BCUT2D eigenvalue weighted by atomic mass is 10.3. The molecule has 0 spiro atoms. The highest BCUT2D eigenvalue weighted by atomic mass is 35.5. The Morgan fingerprint density at radius 3 is 2.70 bits per heavy atom. The largest absolute Gasteiger partial charge is 0.484 e. The van der Waals surface area contributed by atoms with E-state index in [1.807, 2.05) is 12.1 Å². The van der Waals surface area contributed by atoms with E-state index in [-0.39, 0.29) is 17.4 Å². The van der Waals surface area contributed by atoms with Crippen LogP contribution < -0.4 is 10.1 Å². The third kappa shape index (κ3) is 4.25. The summed E-state index contributed by atoms with van der Waals surface area (Å²) in [5, 5.41) is 3.52. The van der Waals surface area contributed by atoms with Gasteiger partial charge in [0.25, 0.3) is 0 Å². The van der Waals surface area contributed by atoms with E-state index in [9.17, 15) is 4.39 Å². The van der Waals surface area contributed by atoms with Crippen LogP contribution in [0.5, 0.6) is 5.75 Å². The molecule has 20 heavy (non-hydrogen) atoms. The Labute approximate surface area is 122 Å². The molecule has 0 saturated carbocycles. The summed E-state index contributed by atoms with van der Waals surface area (Å²) in [6.45, 7) is 5.08. The average Bonchev–Trinajstić information content (AvgIpc) is 2.83. The van der Waals surface area contributed by atoms with E-state index < -0.39 is 0 Å². The van der Waals surface area contributed by atoms with Gasteiger partial charge in [-0.15, -0.1) is 0 Å². The zero-order valence-corrected chi connectivity index (χ0v) is 12.2. The van der Waals surface area contributed by atoms with Crippen molar-refractivity contribution in [3.05, 3.63) is 52.7 Å². The summed E-state index contributed by atoms with van der Waals surface area (Å²) in [5.74, 6) is 1.60. The minimum absolute atomic E-state index is 0.248. The molecule has 0 bridgehead atoms. The molecule has 108 valence electrons. The van der Waals surface area contributed by atoms with Crippen LogP contribution in [0, 0.1) is 5.82 Å². The lowest BCUT2D eigenvalue weighted by Crippen LogP contribution is -2.21. The molecule has 1 N–H and O–H groups in total. The lowest BCUT2D eigenvalue weighted by molar-refractivity contribution is 0.264. The Morgan fingerprint density at radius 2 is 2.00 bits per heavy atom. The van der Waals surface area contributed by atoms with Gasteiger partial charge in [0.15, 0.2) is 0 Å². The summed E-state index contributed by atoms with van der Waals surface area (Å²) < 4.78 is 24.0. The Bertz CT molecular complexity index is 569. The lowest BCUT2D eigenvalue weighted by Gasteiger charge is -2.07. The molecule has 0 aliphatic carbocycles. The number of hydrogen-bond acceptors (Lipinski definition) is 3. The first kappa shape index (κ1) is 14.9. The molecule has 3 nitrogen and oxygen atoms in total. The number of ether oxygens (including phenoxy) is 1. The van der Waals surface area contributed by atoms with Gasteiger partial charge in [0.2, 0.25) is 0 Å². The van der Waals surface area contributed by atoms with Crippen LogP contribution in [-0.2, 0) is 13.2 Å². The molecular formula is C15H17ClFNO2. The smallest absolute Gasteiger partial charge is 0.146 e. The third-order valence-corrected chi connectivity index (χ3v) is 2.96. The van der Waals surface area contributed by atoms with Crippen molar-refractivity contribution < 1.29 is 13.5 Å². The monoisotopic (exact) mass is 297 g/mol. The summed E-state index contributed by atoms with van der Waals surface area (Å²) in [6, 6.07) is 8.19. The zero-order valence-electron chi connectivity index (χ0n) is 11.5. The molecule has 0 fully saturated rings. The van der Waals surface area contributed by atoms with Crippen molar-refractivity contribution in [1.29, 1.82) is 0 Å². The molecule has 2 rings (SSSR count). The quantitative estimate of drug-likeness (QED) is 0.870. The fourth-order valence-corrected chi connectivity index (χ4v) is 1.86. The van der Waals surface area contributed by atoms with Gasteiger partial charge < -0.3 is 14.5 Å². The van der Waals surface area contributed by atoms with Crippen molar-refractivity contribution in [2.45, 2.75) is 33.0 Å². The van der Waals surface area contributed by atoms with Gasteiger partial charge in [0.05, 0.1) is 11.6 Å². The van der Waals surface area contributed by atoms with Crippen molar-refractivity contribution in [1.82, 2.24) is 5.32 Å². The van der Waals surface area contributed by atoms with E-state index in [4.69, 9.17) is 20.8 Å². The molecule has 2 aromatic rings. The van der Waals surface area contributed by atoms with Crippen LogP contribution in [0.1, 0.15) is 25.4 Å². The molecule has 0 radical (unpaired) electrons. The van der Waals surface area contributed by atoms with Crippen LogP contribution in [0.15, 0.2) is 34.7 Å². The van der Waals surface area contributed by atoms with Gasteiger partial charge in [0.1, 0.15) is 29.7 Å². The van der Waals surface area contributed by atoms with Gasteiger partial charge >= 0.3 is 0 Å². The summed E-state index contributed by atoms with van der Waals surface area (Å²) >= 11 is 5.88. The van der Waals surface area contributed by atoms with Crippen LogP contribution in [-0.4, -0.2) is 6.04 Å². The maximum Gasteiger partial charge on any atom is 0.146 e. The maximum atomic E-state index is 12.9. The Kier molecular flexibility index (Phi) is 5.04. The predicted octanol–water partition coefficient (Wildman–Crippen LogP) is 4.15. The van der Waals surface area contributed by atoms with E-state index in [0.717, 1.165) is 5.76 Å². The molecule has 0 amide bonds. The second-order valence-corrected chi connectivity index (χ2v) is 5.17. The zero-order chi connectivity index (χ0) is 14.5. The summed E-state index contributed by atoms with van der Waals surface area (Å²) in [5.41, 5.74) is 0. The van der Waals surface area contributed by atoms with E-state index in [2.05, 4.69) is 19.2 Å². The van der Waals surface area contributed by atoms with Gasteiger partial charge in [-0.05, 0) is 30.3 Å². The molecule has 0 aliphatic rings. The van der Waals surface area contributed by atoms with Crippen molar-refractivity contribution in [2.75, 3.05) is 0 Å². The van der Waals surface area contributed by atoms with E-state index in [1.165, 1.54) is 18.2 Å². The van der Waals surface area contributed by atoms with E-state index in [0.29, 0.717) is 24.1 Å². The predicted molar refractivity (Wildman–Crippen MR) is 76.4 cm³/mol. The van der Waals surface area contributed by atoms with Crippen LogP contribution in [0.4, 0.5) is 4.39 Å². The maximum absolute atomic E-state index is 12.9. The van der Waals surface area contributed by atoms with Crippen molar-refractivity contribution in [3.8, 4) is 5.75 Å². The molecule has 1 heterocycles. The van der Waals surface area contributed by atoms with Gasteiger partial charge in [-0.3, -0.25) is 0 Å². The molecule has 5 heteroatoms. The molecule has 1 aromatic carbocycles. The second-order valence-electron chi connectivity index (χ2n) is 4.77. The first-order valence-corrected chi connectivity index (χ1v) is 6.81. The van der Waals surface area contributed by atoms with Crippen LogP contribution in [0.2, 0.25) is 5.02 Å². The third-order valence-electron chi connectivity index (χ3n) is 2.67. The number of halogens is 2. The van der Waals surface area contributed by atoms with Crippen LogP contribution in [0.25, 0.3) is 0 Å². The number of hydrogen-bond donors (Lipinski definition) is 1. The Morgan fingerprint density at radius 1 is 1.25 bits per heavy atom. The number of rotatable bonds is 6. The Balaban J connectivity index is 1.90. The van der Waals surface area contributed by atoms with Crippen LogP contribution in [0.3, 0.4) is 0 Å². The highest BCUT2D eigenvalue weighted by Gasteiger charge is 2.06. The highest BCUT2D eigenvalue weighted by molar-refractivity contribution is 6.32. The highest BCUT2D eigenvalue weighted by Crippen LogP contribution is 2.25. The number of benzene rings is 1. The second kappa shape index (κ2) is 6.77. The van der Waals surface area contributed by atoms with Gasteiger partial charge in [-0.25, -0.2) is 4.39 Å². The van der Waals surface area contributed by atoms with Gasteiger partial charge in [-0.1, -0.05) is 25.4 Å². The minimum Gasteiger partial charge on any atom is -0.484 e. The number of furan rings is 1. The average molecular weight is 298 g/mol. The first-order chi connectivity index (χ1) is 9.54. The first-order valence-electron chi connectivity index (χ1n) is 6.43. The molecule has 0 saturated heterocycles. The molecule has 0 unspecified atom stereocenters. The summed E-state index contributed by atoms with van der Waals surface area (Å²) in [4.78, 5) is 0. The molecular weight excluding hydrogens is 281 g/mol. The number of nitrogens with one attached hydrogen (secondary N) is 1. The fraction of sp³-hybridized carbons (Fsp3) is 0.333. The van der Waals surface area contributed by atoms with Crippen molar-refractivity contribution >= 4 is 11.6 Å². The Hall–Kier alpha value is -1.52. The van der Waals surface area contributed by atoms with Crippen LogP contribution >= 0.6 is 11.6 Å². The molecule has 0 atom stereocenters. The summed E-state index contributed by atoms with van der Waals surface area (Å²) in [6.07, 6.45) is 0. The van der Waals surface area contributed by atoms with Crippen molar-refractivity contribution in [2.24, 2.45) is 0 Å². The standard InChI is InChI=1S/C15H17ClFNO2/c1-10(2)18-8-12-4-5-13(20-12)9-19-15-6-3-11(17)7-14(15)16/h3-7,10,18H,8-9H2,1-2H3. The van der Waals surface area contributed by atoms with Crippen molar-refractivity contribution in [3.63, 3.8) is 0 Å². The normalized spacial score (nSPS) is 11.1. The van der Waals surface area contributed by atoms with Gasteiger partial charge in [0, 0.05) is 6.04 Å². The van der Waals surface area contributed by atoms with E-state index in [1.54, 1.807) is 0 Å². The van der Waals surface area contributed by atoms with E-state index >= 15 is 0 Å². The molecule has 0 aliphatic heterocycles. The topological polar surface area (TPSA) is 34.4 Å².